The highest BCUT2D eigenvalue weighted by molar-refractivity contribution is 6.33. The van der Waals surface area contributed by atoms with Crippen LogP contribution in [0, 0.1) is 5.92 Å². The van der Waals surface area contributed by atoms with E-state index in [9.17, 15) is 4.79 Å². The van der Waals surface area contributed by atoms with Gasteiger partial charge in [-0.25, -0.2) is 0 Å². The number of nitrogens with zero attached hydrogens (tertiary/aromatic N) is 1. The minimum Gasteiger partial charge on any atom is -0.451 e. The lowest BCUT2D eigenvalue weighted by Gasteiger charge is -2.49. The van der Waals surface area contributed by atoms with Crippen molar-refractivity contribution in [3.8, 4) is 11.3 Å². The number of hydrogen-bond donors (Lipinski definition) is 1. The first-order valence-corrected chi connectivity index (χ1v) is 8.91. The van der Waals surface area contributed by atoms with Crippen molar-refractivity contribution in [3.05, 3.63) is 47.2 Å². The molecule has 0 aliphatic carbocycles. The van der Waals surface area contributed by atoms with Gasteiger partial charge in [-0.15, -0.1) is 0 Å². The molecular formula is C19H21ClN2O2. The molecule has 0 spiro atoms. The Morgan fingerprint density at radius 3 is 2.67 bits per heavy atom. The van der Waals surface area contributed by atoms with Gasteiger partial charge in [0.25, 0.3) is 5.91 Å². The second-order valence-electron chi connectivity index (χ2n) is 6.76. The van der Waals surface area contributed by atoms with Gasteiger partial charge in [0.05, 0.1) is 5.02 Å². The van der Waals surface area contributed by atoms with E-state index in [2.05, 4.69) is 17.1 Å². The number of nitrogens with one attached hydrogen (secondary N) is 1. The number of hydrogen-bond acceptors (Lipinski definition) is 3. The van der Waals surface area contributed by atoms with Crippen molar-refractivity contribution >= 4 is 17.5 Å². The van der Waals surface area contributed by atoms with E-state index >= 15 is 0 Å². The second-order valence-corrected chi connectivity index (χ2v) is 7.16. The summed E-state index contributed by atoms with van der Waals surface area (Å²) in [6.07, 6.45) is 2.33. The summed E-state index contributed by atoms with van der Waals surface area (Å²) >= 11 is 6.20. The average molecular weight is 345 g/mol. The van der Waals surface area contributed by atoms with Crippen LogP contribution in [0.4, 0.5) is 0 Å². The monoisotopic (exact) mass is 344 g/mol. The smallest absolute Gasteiger partial charge is 0.287 e. The van der Waals surface area contributed by atoms with Crippen molar-refractivity contribution in [1.82, 2.24) is 10.2 Å². The predicted octanol–water partition coefficient (Wildman–Crippen LogP) is 3.81. The fourth-order valence-corrected chi connectivity index (χ4v) is 4.26. The van der Waals surface area contributed by atoms with Crippen LogP contribution in [0.3, 0.4) is 0 Å². The van der Waals surface area contributed by atoms with Gasteiger partial charge in [0.1, 0.15) is 5.76 Å². The molecule has 24 heavy (non-hydrogen) atoms. The standard InChI is InChI=1S/C19H21ClN2O2/c1-12-18(13-8-10-22(12)11-9-13)21-19(23)17-7-6-16(24-17)14-4-2-3-5-15(14)20/h2-7,12-13,18H,8-11H2,1H3,(H,21,23). The van der Waals surface area contributed by atoms with Gasteiger partial charge in [-0.1, -0.05) is 23.7 Å². The molecule has 0 saturated carbocycles. The van der Waals surface area contributed by atoms with Crippen molar-refractivity contribution in [2.45, 2.75) is 31.8 Å². The topological polar surface area (TPSA) is 45.5 Å². The van der Waals surface area contributed by atoms with E-state index in [1.54, 1.807) is 12.1 Å². The molecule has 1 N–H and O–H groups in total. The maximum Gasteiger partial charge on any atom is 0.287 e. The summed E-state index contributed by atoms with van der Waals surface area (Å²) in [5, 5.41) is 3.80. The molecule has 4 heterocycles. The number of piperidine rings is 3. The van der Waals surface area contributed by atoms with Gasteiger partial charge in [0.15, 0.2) is 5.76 Å². The Hall–Kier alpha value is -1.78. The normalized spacial score (nSPS) is 28.8. The number of fused-ring (bicyclic) bond motifs is 3. The first-order valence-electron chi connectivity index (χ1n) is 8.53. The van der Waals surface area contributed by atoms with Gasteiger partial charge < -0.3 is 9.73 Å². The van der Waals surface area contributed by atoms with Crippen LogP contribution in [0.25, 0.3) is 11.3 Å². The zero-order valence-electron chi connectivity index (χ0n) is 13.7. The lowest BCUT2D eigenvalue weighted by molar-refractivity contribution is 0.0211. The van der Waals surface area contributed by atoms with Gasteiger partial charge in [-0.2, -0.15) is 0 Å². The Balaban J connectivity index is 1.51. The molecule has 2 bridgehead atoms. The quantitative estimate of drug-likeness (QED) is 0.920. The molecule has 4 nitrogen and oxygen atoms in total. The summed E-state index contributed by atoms with van der Waals surface area (Å²) in [5.41, 5.74) is 0.800. The van der Waals surface area contributed by atoms with Crippen molar-refractivity contribution in [2.24, 2.45) is 5.92 Å². The van der Waals surface area contributed by atoms with E-state index in [-0.39, 0.29) is 11.9 Å². The van der Waals surface area contributed by atoms with Crippen LogP contribution in [0.2, 0.25) is 5.02 Å². The molecule has 1 amide bonds. The molecule has 126 valence electrons. The van der Waals surface area contributed by atoms with Crippen molar-refractivity contribution in [3.63, 3.8) is 0 Å². The molecule has 2 unspecified atom stereocenters. The van der Waals surface area contributed by atoms with Crippen molar-refractivity contribution < 1.29 is 9.21 Å². The Morgan fingerprint density at radius 1 is 1.21 bits per heavy atom. The molecule has 0 radical (unpaired) electrons. The van der Waals surface area contributed by atoms with Gasteiger partial charge in [-0.3, -0.25) is 9.69 Å². The SMILES string of the molecule is CC1C(NC(=O)c2ccc(-c3ccccc3Cl)o2)C2CCN1CC2. The summed E-state index contributed by atoms with van der Waals surface area (Å²) in [6.45, 7) is 4.50. The third-order valence-electron chi connectivity index (χ3n) is 5.44. The van der Waals surface area contributed by atoms with Crippen LogP contribution in [-0.4, -0.2) is 36.0 Å². The number of benzene rings is 1. The Bertz CT molecular complexity index is 747. The molecular weight excluding hydrogens is 324 g/mol. The van der Waals surface area contributed by atoms with Crippen molar-refractivity contribution in [2.75, 3.05) is 13.1 Å². The van der Waals surface area contributed by atoms with Crippen LogP contribution >= 0.6 is 11.6 Å². The maximum atomic E-state index is 12.6. The molecule has 5 heteroatoms. The molecule has 3 saturated heterocycles. The lowest BCUT2D eigenvalue weighted by atomic mass is 9.79. The van der Waals surface area contributed by atoms with E-state index in [0.29, 0.717) is 28.5 Å². The van der Waals surface area contributed by atoms with E-state index < -0.39 is 0 Å². The molecule has 2 aromatic rings. The van der Waals surface area contributed by atoms with E-state index in [1.807, 2.05) is 24.3 Å². The lowest BCUT2D eigenvalue weighted by Crippen LogP contribution is -2.62. The molecule has 3 aliphatic rings. The number of carbonyl (C=O) groups excluding carboxylic acids is 1. The third kappa shape index (κ3) is 2.74. The molecule has 1 aromatic carbocycles. The largest absolute Gasteiger partial charge is 0.451 e. The minimum absolute atomic E-state index is 0.140. The number of amides is 1. The maximum absolute atomic E-state index is 12.6. The van der Waals surface area contributed by atoms with Crippen LogP contribution < -0.4 is 5.32 Å². The first-order chi connectivity index (χ1) is 11.6. The predicted molar refractivity (Wildman–Crippen MR) is 94.2 cm³/mol. The summed E-state index contributed by atoms with van der Waals surface area (Å²) in [7, 11) is 0. The Labute approximate surface area is 146 Å². The number of rotatable bonds is 3. The van der Waals surface area contributed by atoms with Gasteiger partial charge >= 0.3 is 0 Å². The van der Waals surface area contributed by atoms with Gasteiger partial charge in [0, 0.05) is 17.6 Å². The molecule has 3 fully saturated rings. The fraction of sp³-hybridized carbons (Fsp3) is 0.421. The average Bonchev–Trinajstić information content (AvgIpc) is 3.09. The number of halogens is 1. The summed E-state index contributed by atoms with van der Waals surface area (Å²) < 4.78 is 5.76. The van der Waals surface area contributed by atoms with Crippen molar-refractivity contribution in [1.29, 1.82) is 0 Å². The highest BCUT2D eigenvalue weighted by Gasteiger charge is 2.40. The Morgan fingerprint density at radius 2 is 1.96 bits per heavy atom. The number of carbonyl (C=O) groups is 1. The van der Waals surface area contributed by atoms with E-state index in [1.165, 1.54) is 0 Å². The summed E-state index contributed by atoms with van der Waals surface area (Å²) in [5.74, 6) is 1.40. The molecule has 3 aliphatic heterocycles. The second kappa shape index (κ2) is 6.26. The number of furan rings is 1. The highest BCUT2D eigenvalue weighted by Crippen LogP contribution is 2.33. The van der Waals surface area contributed by atoms with E-state index in [4.69, 9.17) is 16.0 Å². The summed E-state index contributed by atoms with van der Waals surface area (Å²) in [4.78, 5) is 15.1. The van der Waals surface area contributed by atoms with Gasteiger partial charge in [0.2, 0.25) is 0 Å². The van der Waals surface area contributed by atoms with Crippen LogP contribution in [0.15, 0.2) is 40.8 Å². The Kier molecular flexibility index (Phi) is 4.10. The highest BCUT2D eigenvalue weighted by atomic mass is 35.5. The third-order valence-corrected chi connectivity index (χ3v) is 5.77. The van der Waals surface area contributed by atoms with Crippen LogP contribution in [0.5, 0.6) is 0 Å². The zero-order chi connectivity index (χ0) is 16.7. The first kappa shape index (κ1) is 15.7. The zero-order valence-corrected chi connectivity index (χ0v) is 14.4. The summed E-state index contributed by atoms with van der Waals surface area (Å²) in [6, 6.07) is 11.6. The molecule has 2 atom stereocenters. The fourth-order valence-electron chi connectivity index (χ4n) is 4.03. The van der Waals surface area contributed by atoms with Crippen LogP contribution in [-0.2, 0) is 0 Å². The molecule has 1 aromatic heterocycles. The minimum atomic E-state index is -0.140. The van der Waals surface area contributed by atoms with Crippen LogP contribution in [0.1, 0.15) is 30.3 Å². The van der Waals surface area contributed by atoms with E-state index in [0.717, 1.165) is 31.5 Å². The van der Waals surface area contributed by atoms with Gasteiger partial charge in [-0.05, 0) is 63.0 Å². The molecule has 5 rings (SSSR count).